The Hall–Kier alpha value is -0.710. The lowest BCUT2D eigenvalue weighted by molar-refractivity contribution is 0.312. The molecule has 0 aromatic rings. The van der Waals surface area contributed by atoms with Crippen molar-refractivity contribution >= 4 is 23.2 Å². The van der Waals surface area contributed by atoms with Gasteiger partial charge in [0.1, 0.15) is 0 Å². The van der Waals surface area contributed by atoms with Crippen LogP contribution in [-0.2, 0) is 0 Å². The summed E-state index contributed by atoms with van der Waals surface area (Å²) in [7, 11) is 0. The van der Waals surface area contributed by atoms with Crippen LogP contribution >= 0.6 is 11.8 Å². The van der Waals surface area contributed by atoms with E-state index >= 15 is 0 Å². The smallest absolute Gasteiger partial charge is 0.0636 e. The topological polar surface area (TPSA) is 65.2 Å². The van der Waals surface area contributed by atoms with Gasteiger partial charge >= 0.3 is 0 Å². The third-order valence-electron chi connectivity index (χ3n) is 2.75. The molecule has 17 heavy (non-hydrogen) atoms. The van der Waals surface area contributed by atoms with Crippen molar-refractivity contribution in [1.82, 2.24) is 0 Å². The Morgan fingerprint density at radius 1 is 1.06 bits per heavy atom. The molecule has 0 saturated carbocycles. The first-order chi connectivity index (χ1) is 8.17. The number of hydrogen-bond acceptors (Lipinski definition) is 5. The van der Waals surface area contributed by atoms with Gasteiger partial charge in [-0.1, -0.05) is 36.5 Å². The number of oxime groups is 2. The first-order valence-corrected chi connectivity index (χ1v) is 7.27. The average Bonchev–Trinajstić information content (AvgIpc) is 2.36. The Morgan fingerprint density at radius 3 is 2.12 bits per heavy atom. The average molecular weight is 260 g/mol. The van der Waals surface area contributed by atoms with Crippen LogP contribution in [0.4, 0.5) is 0 Å². The van der Waals surface area contributed by atoms with Gasteiger partial charge < -0.3 is 10.4 Å². The predicted octanol–water partition coefficient (Wildman–Crippen LogP) is 3.62. The van der Waals surface area contributed by atoms with Crippen LogP contribution in [0.15, 0.2) is 10.3 Å². The van der Waals surface area contributed by atoms with Crippen LogP contribution in [0, 0.1) is 5.92 Å². The molecule has 0 aliphatic heterocycles. The maximum absolute atomic E-state index is 8.76. The molecule has 4 nitrogen and oxygen atoms in total. The van der Waals surface area contributed by atoms with Crippen molar-refractivity contribution in [2.24, 2.45) is 16.2 Å². The minimum Gasteiger partial charge on any atom is -0.411 e. The van der Waals surface area contributed by atoms with E-state index in [4.69, 9.17) is 10.4 Å². The van der Waals surface area contributed by atoms with Crippen molar-refractivity contribution in [1.29, 1.82) is 0 Å². The molecule has 0 aliphatic carbocycles. The lowest BCUT2D eigenvalue weighted by Gasteiger charge is -2.13. The van der Waals surface area contributed by atoms with Gasteiger partial charge in [0.05, 0.1) is 17.3 Å². The summed E-state index contributed by atoms with van der Waals surface area (Å²) in [6, 6.07) is 0. The van der Waals surface area contributed by atoms with E-state index in [-0.39, 0.29) is 5.92 Å². The molecule has 2 N–H and O–H groups in total. The van der Waals surface area contributed by atoms with E-state index in [0.717, 1.165) is 11.5 Å². The molecule has 5 heteroatoms. The zero-order valence-corrected chi connectivity index (χ0v) is 11.8. The van der Waals surface area contributed by atoms with Crippen LogP contribution in [-0.4, -0.2) is 33.3 Å². The van der Waals surface area contributed by atoms with Gasteiger partial charge in [0.25, 0.3) is 0 Å². The molecule has 0 bridgehead atoms. The van der Waals surface area contributed by atoms with Gasteiger partial charge in [0.2, 0.25) is 0 Å². The minimum absolute atomic E-state index is 0.0684. The molecule has 0 unspecified atom stereocenters. The molecule has 0 saturated heterocycles. The summed E-state index contributed by atoms with van der Waals surface area (Å²) in [5, 5.41) is 23.9. The predicted molar refractivity (Wildman–Crippen MR) is 74.7 cm³/mol. The normalized spacial score (nSPS) is 15.0. The monoisotopic (exact) mass is 260 g/mol. The van der Waals surface area contributed by atoms with Gasteiger partial charge in [-0.15, -0.1) is 0 Å². The highest BCUT2D eigenvalue weighted by Crippen LogP contribution is 2.15. The van der Waals surface area contributed by atoms with Crippen molar-refractivity contribution < 1.29 is 10.4 Å². The van der Waals surface area contributed by atoms with Crippen molar-refractivity contribution in [2.75, 3.05) is 11.5 Å². The number of hydrogen-bond donors (Lipinski definition) is 2. The fourth-order valence-electron chi connectivity index (χ4n) is 1.51. The lowest BCUT2D eigenvalue weighted by atomic mass is 10.0. The lowest BCUT2D eigenvalue weighted by Crippen LogP contribution is -2.22. The van der Waals surface area contributed by atoms with Gasteiger partial charge in [0, 0.05) is 5.75 Å². The molecule has 0 spiro atoms. The summed E-state index contributed by atoms with van der Waals surface area (Å²) in [6.07, 6.45) is 5.03. The highest BCUT2D eigenvalue weighted by Gasteiger charge is 2.16. The molecule has 0 aromatic heterocycles. The molecule has 100 valence electrons. The molecule has 0 radical (unpaired) electrons. The Balaban J connectivity index is 3.94. The second kappa shape index (κ2) is 10.4. The molecule has 0 rings (SSSR count). The number of rotatable bonds is 9. The molecule has 0 aliphatic rings. The van der Waals surface area contributed by atoms with Crippen LogP contribution in [0.5, 0.6) is 0 Å². The largest absolute Gasteiger partial charge is 0.411 e. The molecular weight excluding hydrogens is 236 g/mol. The summed E-state index contributed by atoms with van der Waals surface area (Å²) in [6.45, 7) is 5.69. The maximum atomic E-state index is 8.76. The molecule has 0 aromatic carbocycles. The van der Waals surface area contributed by atoms with Crippen LogP contribution in [0.25, 0.3) is 0 Å². The third-order valence-corrected chi connectivity index (χ3v) is 3.90. The summed E-state index contributed by atoms with van der Waals surface area (Å²) >= 11 is 1.82. The Morgan fingerprint density at radius 2 is 1.65 bits per heavy atom. The molecular formula is C12H24N2O2S. The number of unbranched alkanes of at least 4 members (excludes halogenated alkanes) is 3. The van der Waals surface area contributed by atoms with E-state index in [1.807, 2.05) is 11.8 Å². The molecule has 0 amide bonds. The van der Waals surface area contributed by atoms with Gasteiger partial charge in [0.15, 0.2) is 0 Å². The van der Waals surface area contributed by atoms with Gasteiger partial charge in [-0.2, -0.15) is 11.8 Å². The van der Waals surface area contributed by atoms with Crippen LogP contribution in [0.2, 0.25) is 0 Å². The van der Waals surface area contributed by atoms with Crippen molar-refractivity contribution in [3.05, 3.63) is 0 Å². The van der Waals surface area contributed by atoms with Crippen molar-refractivity contribution in [2.45, 2.75) is 46.5 Å². The highest BCUT2D eigenvalue weighted by molar-refractivity contribution is 7.99. The molecule has 0 heterocycles. The second-order valence-corrected chi connectivity index (χ2v) is 5.32. The molecule has 0 fully saturated rings. The third kappa shape index (κ3) is 7.26. The van der Waals surface area contributed by atoms with E-state index in [1.165, 1.54) is 25.7 Å². The van der Waals surface area contributed by atoms with Crippen LogP contribution in [0.3, 0.4) is 0 Å². The number of thioether (sulfide) groups is 1. The van der Waals surface area contributed by atoms with Gasteiger partial charge in [-0.05, 0) is 26.0 Å². The maximum Gasteiger partial charge on any atom is 0.0636 e. The van der Waals surface area contributed by atoms with E-state index < -0.39 is 0 Å². The van der Waals surface area contributed by atoms with E-state index in [9.17, 15) is 0 Å². The van der Waals surface area contributed by atoms with Crippen LogP contribution in [0.1, 0.15) is 46.5 Å². The second-order valence-electron chi connectivity index (χ2n) is 4.17. The van der Waals surface area contributed by atoms with Gasteiger partial charge in [-0.3, -0.25) is 0 Å². The quantitative estimate of drug-likeness (QED) is 0.288. The highest BCUT2D eigenvalue weighted by atomic mass is 32.2. The standard InChI is InChI=1S/C12H24N2O2S/c1-4-5-6-7-8-17-9-12(10(2)13-15)11(3)14-16/h12,15-16H,4-9H2,1-3H3. The molecule has 0 atom stereocenters. The fourth-order valence-corrected chi connectivity index (χ4v) is 2.81. The first-order valence-electron chi connectivity index (χ1n) is 6.12. The van der Waals surface area contributed by atoms with Crippen molar-refractivity contribution in [3.8, 4) is 0 Å². The zero-order chi connectivity index (χ0) is 13.1. The Bertz CT molecular complexity index is 237. The summed E-state index contributed by atoms with van der Waals surface area (Å²) in [5.41, 5.74) is 1.20. The SMILES string of the molecule is CCCCCCSCC(C(C)=NO)C(C)=NO. The zero-order valence-electron chi connectivity index (χ0n) is 11.0. The van der Waals surface area contributed by atoms with E-state index in [0.29, 0.717) is 11.4 Å². The first kappa shape index (κ1) is 16.3. The van der Waals surface area contributed by atoms with E-state index in [1.54, 1.807) is 13.8 Å². The Kier molecular flexibility index (Phi) is 10.0. The fraction of sp³-hybridized carbons (Fsp3) is 0.833. The van der Waals surface area contributed by atoms with Crippen LogP contribution < -0.4 is 0 Å². The summed E-state index contributed by atoms with van der Waals surface area (Å²) in [4.78, 5) is 0. The van der Waals surface area contributed by atoms with Gasteiger partial charge in [-0.25, -0.2) is 0 Å². The van der Waals surface area contributed by atoms with Crippen molar-refractivity contribution in [3.63, 3.8) is 0 Å². The Labute approximate surface area is 108 Å². The van der Waals surface area contributed by atoms with E-state index in [2.05, 4.69) is 17.2 Å². The summed E-state index contributed by atoms with van der Waals surface area (Å²) in [5.74, 6) is 1.84. The minimum atomic E-state index is -0.0684. The number of nitrogens with zero attached hydrogens (tertiary/aromatic N) is 2. The summed E-state index contributed by atoms with van der Waals surface area (Å²) < 4.78 is 0.